The van der Waals surface area contributed by atoms with Crippen LogP contribution in [0.5, 0.6) is 0 Å². The standard InChI is InChI=1S/C61H108O6/c1-4-7-10-13-16-19-22-25-28-30-32-33-36-39-42-45-48-51-54-60(63)66-57-58(56-65-59(62)53-50-47-44-41-38-35-27-24-21-18-15-12-9-6-3)67-61(64)55-52-49-46-43-40-37-34-31-29-26-23-20-17-14-11-8-5-2/h17,20,26,29,34-35,37-38,43,46,58H,4-16,18-19,21-25,27-28,30-33,36,39-42,44-45,47-57H2,1-3H3/b20-17-,29-26-,37-34-,38-35-,46-43-. The fraction of sp³-hybridized carbons (Fsp3) is 0.787. The van der Waals surface area contributed by atoms with Gasteiger partial charge in [-0.05, 0) is 83.5 Å². The minimum Gasteiger partial charge on any atom is -0.462 e. The van der Waals surface area contributed by atoms with Gasteiger partial charge in [-0.15, -0.1) is 0 Å². The van der Waals surface area contributed by atoms with E-state index in [9.17, 15) is 14.4 Å². The molecule has 0 N–H and O–H groups in total. The minimum absolute atomic E-state index is 0.0980. The van der Waals surface area contributed by atoms with Crippen molar-refractivity contribution >= 4 is 17.9 Å². The van der Waals surface area contributed by atoms with E-state index >= 15 is 0 Å². The van der Waals surface area contributed by atoms with Crippen molar-refractivity contribution in [3.8, 4) is 0 Å². The quantitative estimate of drug-likeness (QED) is 0.0262. The summed E-state index contributed by atoms with van der Waals surface area (Å²) in [6, 6.07) is 0. The van der Waals surface area contributed by atoms with Gasteiger partial charge in [-0.2, -0.15) is 0 Å². The molecule has 0 aromatic rings. The van der Waals surface area contributed by atoms with Crippen molar-refractivity contribution in [1.29, 1.82) is 0 Å². The molecule has 0 radical (unpaired) electrons. The lowest BCUT2D eigenvalue weighted by Crippen LogP contribution is -2.30. The number of ether oxygens (including phenoxy) is 3. The number of hydrogen-bond acceptors (Lipinski definition) is 6. The van der Waals surface area contributed by atoms with Crippen LogP contribution in [-0.2, 0) is 28.6 Å². The molecular weight excluding hydrogens is 829 g/mol. The summed E-state index contributed by atoms with van der Waals surface area (Å²) >= 11 is 0. The molecule has 0 saturated carbocycles. The highest BCUT2D eigenvalue weighted by Gasteiger charge is 2.19. The van der Waals surface area contributed by atoms with Crippen LogP contribution >= 0.6 is 0 Å². The number of unbranched alkanes of at least 4 members (excludes halogenated alkanes) is 31. The van der Waals surface area contributed by atoms with E-state index in [1.807, 2.05) is 0 Å². The molecule has 0 aliphatic heterocycles. The molecule has 0 spiro atoms. The molecule has 0 aromatic carbocycles. The topological polar surface area (TPSA) is 78.9 Å². The number of rotatable bonds is 52. The van der Waals surface area contributed by atoms with Crippen LogP contribution in [0.1, 0.15) is 290 Å². The minimum atomic E-state index is -0.807. The Labute approximate surface area is 415 Å². The predicted octanol–water partition coefficient (Wildman–Crippen LogP) is 19.2. The van der Waals surface area contributed by atoms with Gasteiger partial charge in [-0.1, -0.05) is 248 Å². The van der Waals surface area contributed by atoms with E-state index in [-0.39, 0.29) is 37.5 Å². The molecule has 0 aromatic heterocycles. The highest BCUT2D eigenvalue weighted by atomic mass is 16.6. The maximum Gasteiger partial charge on any atom is 0.306 e. The number of allylic oxidation sites excluding steroid dienone is 10. The van der Waals surface area contributed by atoms with Crippen molar-refractivity contribution in [3.05, 3.63) is 60.8 Å². The molecule has 1 atom stereocenters. The normalized spacial score (nSPS) is 12.5. The van der Waals surface area contributed by atoms with Crippen molar-refractivity contribution in [2.45, 2.75) is 297 Å². The van der Waals surface area contributed by atoms with E-state index < -0.39 is 6.10 Å². The van der Waals surface area contributed by atoms with Gasteiger partial charge in [0.25, 0.3) is 0 Å². The maximum absolute atomic E-state index is 12.8. The van der Waals surface area contributed by atoms with Gasteiger partial charge in [0.05, 0.1) is 0 Å². The van der Waals surface area contributed by atoms with Crippen LogP contribution in [0.25, 0.3) is 0 Å². The molecule has 0 heterocycles. The van der Waals surface area contributed by atoms with Crippen molar-refractivity contribution in [2.24, 2.45) is 0 Å². The Kier molecular flexibility index (Phi) is 53.3. The molecule has 0 rings (SSSR count). The largest absolute Gasteiger partial charge is 0.462 e. The van der Waals surface area contributed by atoms with E-state index in [1.165, 1.54) is 167 Å². The molecular formula is C61H108O6. The fourth-order valence-corrected chi connectivity index (χ4v) is 8.14. The van der Waals surface area contributed by atoms with E-state index in [1.54, 1.807) is 0 Å². The Morgan fingerprint density at radius 1 is 0.299 bits per heavy atom. The van der Waals surface area contributed by atoms with Crippen molar-refractivity contribution in [1.82, 2.24) is 0 Å². The van der Waals surface area contributed by atoms with Gasteiger partial charge in [0.15, 0.2) is 6.10 Å². The third-order valence-corrected chi connectivity index (χ3v) is 12.5. The van der Waals surface area contributed by atoms with Crippen LogP contribution in [0.2, 0.25) is 0 Å². The Morgan fingerprint density at radius 3 is 0.940 bits per heavy atom. The molecule has 0 bridgehead atoms. The zero-order valence-corrected chi connectivity index (χ0v) is 44.4. The summed E-state index contributed by atoms with van der Waals surface area (Å²) < 4.78 is 16.8. The number of carbonyl (C=O) groups excluding carboxylic acids is 3. The molecule has 6 nitrogen and oxygen atoms in total. The summed E-state index contributed by atoms with van der Waals surface area (Å²) in [5, 5.41) is 0. The summed E-state index contributed by atoms with van der Waals surface area (Å²) in [5.74, 6) is -0.960. The van der Waals surface area contributed by atoms with Gasteiger partial charge in [0.2, 0.25) is 0 Å². The highest BCUT2D eigenvalue weighted by molar-refractivity contribution is 5.71. The van der Waals surface area contributed by atoms with Gasteiger partial charge < -0.3 is 14.2 Å². The molecule has 0 fully saturated rings. The van der Waals surface area contributed by atoms with Gasteiger partial charge in [-0.25, -0.2) is 0 Å². The Hall–Kier alpha value is -2.89. The average Bonchev–Trinajstić information content (AvgIpc) is 3.33. The van der Waals surface area contributed by atoms with Crippen molar-refractivity contribution in [3.63, 3.8) is 0 Å². The molecule has 67 heavy (non-hydrogen) atoms. The molecule has 388 valence electrons. The first kappa shape index (κ1) is 64.1. The average molecular weight is 938 g/mol. The number of esters is 3. The third kappa shape index (κ3) is 53.9. The van der Waals surface area contributed by atoms with Crippen LogP contribution in [0.3, 0.4) is 0 Å². The van der Waals surface area contributed by atoms with Crippen molar-refractivity contribution in [2.75, 3.05) is 13.2 Å². The Bertz CT molecular complexity index is 1210. The van der Waals surface area contributed by atoms with E-state index in [0.29, 0.717) is 19.3 Å². The molecule has 0 aliphatic carbocycles. The smallest absolute Gasteiger partial charge is 0.306 e. The molecule has 0 aliphatic rings. The predicted molar refractivity (Wildman–Crippen MR) is 288 cm³/mol. The lowest BCUT2D eigenvalue weighted by Gasteiger charge is -2.18. The van der Waals surface area contributed by atoms with Gasteiger partial charge in [0, 0.05) is 19.3 Å². The van der Waals surface area contributed by atoms with Crippen LogP contribution in [0.15, 0.2) is 60.8 Å². The van der Waals surface area contributed by atoms with E-state index in [4.69, 9.17) is 14.2 Å². The Balaban J connectivity index is 4.44. The summed E-state index contributed by atoms with van der Waals surface area (Å²) in [4.78, 5) is 38.1. The van der Waals surface area contributed by atoms with Crippen LogP contribution < -0.4 is 0 Å². The highest BCUT2D eigenvalue weighted by Crippen LogP contribution is 2.16. The second-order valence-corrected chi connectivity index (χ2v) is 19.2. The second kappa shape index (κ2) is 55.7. The first-order chi connectivity index (χ1) is 33.0. The van der Waals surface area contributed by atoms with Gasteiger partial charge in [-0.3, -0.25) is 14.4 Å². The molecule has 0 saturated heterocycles. The lowest BCUT2D eigenvalue weighted by molar-refractivity contribution is -0.167. The van der Waals surface area contributed by atoms with E-state index in [0.717, 1.165) is 77.0 Å². The maximum atomic E-state index is 12.8. The Morgan fingerprint density at radius 2 is 0.552 bits per heavy atom. The molecule has 0 amide bonds. The summed E-state index contributed by atoms with van der Waals surface area (Å²) in [5.41, 5.74) is 0. The number of carbonyl (C=O) groups is 3. The summed E-state index contributed by atoms with van der Waals surface area (Å²) in [6.07, 6.45) is 69.3. The van der Waals surface area contributed by atoms with Gasteiger partial charge in [0.1, 0.15) is 13.2 Å². The monoisotopic (exact) mass is 937 g/mol. The number of hydrogen-bond donors (Lipinski definition) is 0. The second-order valence-electron chi connectivity index (χ2n) is 19.2. The first-order valence-corrected chi connectivity index (χ1v) is 28.8. The van der Waals surface area contributed by atoms with Crippen molar-refractivity contribution < 1.29 is 28.6 Å². The fourth-order valence-electron chi connectivity index (χ4n) is 8.14. The third-order valence-electron chi connectivity index (χ3n) is 12.5. The summed E-state index contributed by atoms with van der Waals surface area (Å²) in [6.45, 7) is 6.58. The van der Waals surface area contributed by atoms with Crippen LogP contribution in [0, 0.1) is 0 Å². The van der Waals surface area contributed by atoms with E-state index in [2.05, 4.69) is 81.5 Å². The van der Waals surface area contributed by atoms with Gasteiger partial charge >= 0.3 is 17.9 Å². The van der Waals surface area contributed by atoms with Crippen LogP contribution in [-0.4, -0.2) is 37.2 Å². The van der Waals surface area contributed by atoms with Crippen LogP contribution in [0.4, 0.5) is 0 Å². The lowest BCUT2D eigenvalue weighted by atomic mass is 10.0. The molecule has 6 heteroatoms. The SMILES string of the molecule is CCCCC/C=C\C/C=C\C/C=C\C/C=C\CCCC(=O)OC(COC(=O)CCCCC/C=C\CCCCCCCCC)COC(=O)CCCCCCCCCCCCCCCCCCCC. The zero-order valence-electron chi connectivity index (χ0n) is 44.4. The first-order valence-electron chi connectivity index (χ1n) is 28.8. The summed E-state index contributed by atoms with van der Waals surface area (Å²) in [7, 11) is 0. The molecule has 1 unspecified atom stereocenters. The zero-order chi connectivity index (χ0) is 48.6.